The molecule has 0 N–H and O–H groups in total. The molecule has 0 aliphatic heterocycles. The summed E-state index contributed by atoms with van der Waals surface area (Å²) in [5.74, 6) is 0. The highest BCUT2D eigenvalue weighted by Crippen LogP contribution is 2.87. The van der Waals surface area contributed by atoms with Gasteiger partial charge in [0.25, 0.3) is 0 Å². The fraction of sp³-hybridized carbons (Fsp3) is 1.00. The van der Waals surface area contributed by atoms with Crippen molar-refractivity contribution in [2.75, 3.05) is 0 Å². The van der Waals surface area contributed by atoms with E-state index < -0.39 is 0 Å². The van der Waals surface area contributed by atoms with Crippen LogP contribution in [0.1, 0.15) is 33.1 Å². The molecular weight excluding hydrogens is 84.1 g/mol. The second-order valence-corrected chi connectivity index (χ2v) is 3.55. The molecule has 0 heteroatoms. The van der Waals surface area contributed by atoms with Gasteiger partial charge in [-0.25, -0.2) is 0 Å². The molecule has 2 rings (SSSR count). The topological polar surface area (TPSA) is 0 Å². The Hall–Kier alpha value is 0. The minimum atomic E-state index is 0.863. The predicted molar refractivity (Wildman–Crippen MR) is 30.1 cm³/mol. The molecule has 2 saturated carbocycles. The fourth-order valence-corrected chi connectivity index (χ4v) is 2.03. The van der Waals surface area contributed by atoms with E-state index in [-0.39, 0.29) is 0 Å². The molecule has 0 aromatic heterocycles. The van der Waals surface area contributed by atoms with E-state index in [0.29, 0.717) is 0 Å². The molecule has 2 aliphatic rings. The lowest BCUT2D eigenvalue weighted by atomic mass is 10.2. The van der Waals surface area contributed by atoms with Crippen LogP contribution < -0.4 is 0 Å². The summed E-state index contributed by atoms with van der Waals surface area (Å²) in [4.78, 5) is 0. The molecule has 0 bridgehead atoms. The van der Waals surface area contributed by atoms with Gasteiger partial charge in [0.15, 0.2) is 0 Å². The molecule has 0 spiro atoms. The monoisotopic (exact) mass is 96.1 g/mol. The summed E-state index contributed by atoms with van der Waals surface area (Å²) in [5, 5.41) is 0. The van der Waals surface area contributed by atoms with Crippen LogP contribution in [0.2, 0.25) is 0 Å². The van der Waals surface area contributed by atoms with Gasteiger partial charge in [0, 0.05) is 0 Å². The smallest absolute Gasteiger partial charge is 0.0235 e. The number of hydrogen-bond donors (Lipinski definition) is 0. The normalized spacial score (nSPS) is 64.3. The van der Waals surface area contributed by atoms with Gasteiger partial charge < -0.3 is 0 Å². The molecule has 0 radical (unpaired) electrons. The van der Waals surface area contributed by atoms with Gasteiger partial charge in [0.05, 0.1) is 0 Å². The number of hydrogen-bond acceptors (Lipinski definition) is 0. The Kier molecular flexibility index (Phi) is 0.375. The predicted octanol–water partition coefficient (Wildman–Crippen LogP) is 2.20. The summed E-state index contributed by atoms with van der Waals surface area (Å²) in [5.41, 5.74) is 1.76. The first kappa shape index (κ1) is 3.94. The first-order valence-electron chi connectivity index (χ1n) is 3.22. The Bertz CT molecular complexity index is 102. The Labute approximate surface area is 44.9 Å². The van der Waals surface area contributed by atoms with E-state index in [4.69, 9.17) is 0 Å². The van der Waals surface area contributed by atoms with Crippen LogP contribution in [0.25, 0.3) is 0 Å². The average molecular weight is 96.2 g/mol. The Morgan fingerprint density at radius 1 is 1.43 bits per heavy atom. The van der Waals surface area contributed by atoms with Crippen LogP contribution >= 0.6 is 0 Å². The van der Waals surface area contributed by atoms with Gasteiger partial charge in [-0.05, 0) is 30.1 Å². The highest BCUT2D eigenvalue weighted by atomic mass is 14.8. The summed E-state index contributed by atoms with van der Waals surface area (Å²) in [6, 6.07) is 0. The van der Waals surface area contributed by atoms with E-state index in [0.717, 1.165) is 10.8 Å². The third kappa shape index (κ3) is 0.240. The van der Waals surface area contributed by atoms with Gasteiger partial charge in [-0.15, -0.1) is 0 Å². The van der Waals surface area contributed by atoms with Crippen molar-refractivity contribution in [3.63, 3.8) is 0 Å². The highest BCUT2D eigenvalue weighted by Gasteiger charge is 2.78. The largest absolute Gasteiger partial charge is 0.0648 e. The van der Waals surface area contributed by atoms with Gasteiger partial charge in [0.2, 0.25) is 0 Å². The van der Waals surface area contributed by atoms with Gasteiger partial charge in [-0.1, -0.05) is 13.8 Å². The average Bonchev–Trinajstić information content (AvgIpc) is 2.24. The van der Waals surface area contributed by atoms with Crippen molar-refractivity contribution in [1.82, 2.24) is 0 Å². The Morgan fingerprint density at radius 3 is 1.86 bits per heavy atom. The van der Waals surface area contributed by atoms with Crippen molar-refractivity contribution >= 4 is 0 Å². The zero-order chi connectivity index (χ0) is 5.12. The van der Waals surface area contributed by atoms with E-state index in [1.165, 1.54) is 19.3 Å². The summed E-state index contributed by atoms with van der Waals surface area (Å²) < 4.78 is 0. The van der Waals surface area contributed by atoms with Crippen molar-refractivity contribution in [2.24, 2.45) is 10.8 Å². The molecule has 2 fully saturated rings. The van der Waals surface area contributed by atoms with E-state index in [2.05, 4.69) is 13.8 Å². The second kappa shape index (κ2) is 0.667. The summed E-state index contributed by atoms with van der Waals surface area (Å²) in [6.07, 6.45) is 4.51. The lowest BCUT2D eigenvalue weighted by Crippen LogP contribution is -1.77. The summed E-state index contributed by atoms with van der Waals surface area (Å²) >= 11 is 0. The second-order valence-electron chi connectivity index (χ2n) is 3.55. The summed E-state index contributed by atoms with van der Waals surface area (Å²) in [6.45, 7) is 4.73. The lowest BCUT2D eigenvalue weighted by Gasteiger charge is -1.89. The van der Waals surface area contributed by atoms with Gasteiger partial charge in [-0.2, -0.15) is 0 Å². The maximum absolute atomic E-state index is 2.41. The maximum Gasteiger partial charge on any atom is -0.0235 e. The molecule has 40 valence electrons. The Morgan fingerprint density at radius 2 is 1.86 bits per heavy atom. The van der Waals surface area contributed by atoms with Crippen molar-refractivity contribution in [3.05, 3.63) is 0 Å². The maximum atomic E-state index is 2.41. The van der Waals surface area contributed by atoms with Crippen LogP contribution in [0.4, 0.5) is 0 Å². The molecule has 0 atom stereocenters. The van der Waals surface area contributed by atoms with E-state index >= 15 is 0 Å². The van der Waals surface area contributed by atoms with Crippen molar-refractivity contribution in [2.45, 2.75) is 33.1 Å². The van der Waals surface area contributed by atoms with Crippen molar-refractivity contribution < 1.29 is 0 Å². The first-order valence-corrected chi connectivity index (χ1v) is 3.22. The highest BCUT2D eigenvalue weighted by molar-refractivity contribution is 5.27. The lowest BCUT2D eigenvalue weighted by molar-refractivity contribution is 0.619. The Balaban J connectivity index is 2.14. The van der Waals surface area contributed by atoms with Crippen LogP contribution in [0.3, 0.4) is 0 Å². The molecule has 0 unspecified atom stereocenters. The molecule has 0 heterocycles. The quantitative estimate of drug-likeness (QED) is 0.469. The van der Waals surface area contributed by atoms with Crippen molar-refractivity contribution in [1.29, 1.82) is 0 Å². The minimum Gasteiger partial charge on any atom is -0.0648 e. The molecule has 0 aromatic rings. The third-order valence-corrected chi connectivity index (χ3v) is 3.16. The SMILES string of the molecule is CCC12CC1(C)C2. The van der Waals surface area contributed by atoms with Gasteiger partial charge >= 0.3 is 0 Å². The van der Waals surface area contributed by atoms with Crippen LogP contribution in [-0.2, 0) is 0 Å². The van der Waals surface area contributed by atoms with Crippen LogP contribution in [0, 0.1) is 10.8 Å². The zero-order valence-corrected chi connectivity index (χ0v) is 5.12. The van der Waals surface area contributed by atoms with Gasteiger partial charge in [-0.3, -0.25) is 0 Å². The standard InChI is InChI=1S/C7H12/c1-3-7-4-6(7,2)5-7/h3-5H2,1-2H3. The first-order chi connectivity index (χ1) is 3.22. The number of rotatable bonds is 1. The van der Waals surface area contributed by atoms with Crippen molar-refractivity contribution in [3.8, 4) is 0 Å². The van der Waals surface area contributed by atoms with Crippen LogP contribution in [0.5, 0.6) is 0 Å². The van der Waals surface area contributed by atoms with Gasteiger partial charge in [0.1, 0.15) is 0 Å². The van der Waals surface area contributed by atoms with Crippen LogP contribution in [-0.4, -0.2) is 0 Å². The number of fused-ring (bicyclic) bond motifs is 1. The summed E-state index contributed by atoms with van der Waals surface area (Å²) in [7, 11) is 0. The van der Waals surface area contributed by atoms with E-state index in [1.807, 2.05) is 0 Å². The fourth-order valence-electron chi connectivity index (χ4n) is 2.03. The molecule has 7 heavy (non-hydrogen) atoms. The zero-order valence-electron chi connectivity index (χ0n) is 5.12. The van der Waals surface area contributed by atoms with Crippen LogP contribution in [0.15, 0.2) is 0 Å². The molecule has 0 amide bonds. The van der Waals surface area contributed by atoms with E-state index in [9.17, 15) is 0 Å². The van der Waals surface area contributed by atoms with E-state index in [1.54, 1.807) is 0 Å². The molecular formula is C7H12. The third-order valence-electron chi connectivity index (χ3n) is 3.16. The molecule has 0 nitrogen and oxygen atoms in total. The minimum absolute atomic E-state index is 0.863. The molecule has 2 aliphatic carbocycles. The molecule has 0 aromatic carbocycles. The molecule has 0 saturated heterocycles.